The average molecular weight is 246 g/mol. The minimum atomic E-state index is 0.196. The van der Waals surface area contributed by atoms with Crippen LogP contribution in [0.3, 0.4) is 0 Å². The maximum absolute atomic E-state index is 8.75. The molecule has 0 aromatic rings. The van der Waals surface area contributed by atoms with Gasteiger partial charge in [0, 0.05) is 5.41 Å². The predicted molar refractivity (Wildman–Crippen MR) is 70.1 cm³/mol. The largest absolute Gasteiger partial charge is 0.481 e. The molecule has 0 spiro atoms. The molecular formula is C15H22N2O. The summed E-state index contributed by atoms with van der Waals surface area (Å²) in [6.45, 7) is 2.94. The van der Waals surface area contributed by atoms with E-state index in [1.165, 1.54) is 38.5 Å². The standard InChI is InChI=1S/C15H22N2O/c1-2-18-14(17-4-3-16)15-8-11-5-12(9-15)7-13(6-11)10-15/h11-13H,2,4-10H2,1H3. The van der Waals surface area contributed by atoms with E-state index >= 15 is 0 Å². The number of hydrogen-bond acceptors (Lipinski definition) is 3. The molecule has 4 rings (SSSR count). The van der Waals surface area contributed by atoms with E-state index in [1.807, 2.05) is 6.92 Å². The van der Waals surface area contributed by atoms with E-state index in [0.717, 1.165) is 23.7 Å². The van der Waals surface area contributed by atoms with Gasteiger partial charge < -0.3 is 4.74 Å². The molecule has 0 atom stereocenters. The molecule has 0 radical (unpaired) electrons. The van der Waals surface area contributed by atoms with E-state index in [1.54, 1.807) is 0 Å². The van der Waals surface area contributed by atoms with Crippen LogP contribution in [0.25, 0.3) is 0 Å². The molecule has 18 heavy (non-hydrogen) atoms. The second-order valence-corrected chi connectivity index (χ2v) is 6.41. The minimum absolute atomic E-state index is 0.196. The van der Waals surface area contributed by atoms with Gasteiger partial charge in [0.05, 0.1) is 12.7 Å². The first kappa shape index (κ1) is 12.0. The first-order valence-electron chi connectivity index (χ1n) is 7.30. The Labute approximate surface area is 109 Å². The molecule has 0 amide bonds. The third kappa shape index (κ3) is 1.92. The molecule has 4 fully saturated rings. The molecule has 4 saturated carbocycles. The lowest BCUT2D eigenvalue weighted by Gasteiger charge is -2.56. The van der Waals surface area contributed by atoms with Gasteiger partial charge in [-0.1, -0.05) is 0 Å². The third-order valence-electron chi connectivity index (χ3n) is 5.07. The molecule has 4 aliphatic rings. The molecular weight excluding hydrogens is 224 g/mol. The molecule has 4 bridgehead atoms. The number of nitriles is 1. The highest BCUT2D eigenvalue weighted by molar-refractivity contribution is 5.83. The van der Waals surface area contributed by atoms with Gasteiger partial charge in [0.1, 0.15) is 6.54 Å². The number of hydrogen-bond donors (Lipinski definition) is 0. The fraction of sp³-hybridized carbons (Fsp3) is 0.867. The lowest BCUT2D eigenvalue weighted by atomic mass is 9.49. The molecule has 4 aliphatic carbocycles. The van der Waals surface area contributed by atoms with Gasteiger partial charge in [-0.15, -0.1) is 0 Å². The Kier molecular flexibility index (Phi) is 3.05. The Morgan fingerprint density at radius 1 is 1.22 bits per heavy atom. The van der Waals surface area contributed by atoms with Crippen LogP contribution in [0.1, 0.15) is 45.4 Å². The minimum Gasteiger partial charge on any atom is -0.481 e. The highest BCUT2D eigenvalue weighted by atomic mass is 16.5. The van der Waals surface area contributed by atoms with E-state index < -0.39 is 0 Å². The van der Waals surface area contributed by atoms with Crippen molar-refractivity contribution in [2.45, 2.75) is 45.4 Å². The van der Waals surface area contributed by atoms with Crippen molar-refractivity contribution in [3.63, 3.8) is 0 Å². The summed E-state index contributed by atoms with van der Waals surface area (Å²) in [7, 11) is 0. The normalized spacial score (nSPS) is 41.8. The number of nitrogens with zero attached hydrogens (tertiary/aromatic N) is 2. The van der Waals surface area contributed by atoms with Crippen molar-refractivity contribution in [3.8, 4) is 6.07 Å². The monoisotopic (exact) mass is 246 g/mol. The summed E-state index contributed by atoms with van der Waals surface area (Å²) >= 11 is 0. The second kappa shape index (κ2) is 4.57. The molecule has 0 saturated heterocycles. The van der Waals surface area contributed by atoms with E-state index in [4.69, 9.17) is 10.00 Å². The molecule has 3 nitrogen and oxygen atoms in total. The van der Waals surface area contributed by atoms with Crippen molar-refractivity contribution in [1.29, 1.82) is 5.26 Å². The van der Waals surface area contributed by atoms with Gasteiger partial charge in [0.15, 0.2) is 5.90 Å². The summed E-state index contributed by atoms with van der Waals surface area (Å²) in [5, 5.41) is 8.75. The lowest BCUT2D eigenvalue weighted by Crippen LogP contribution is -2.50. The molecule has 0 aromatic heterocycles. The van der Waals surface area contributed by atoms with Crippen LogP contribution in [0.15, 0.2) is 4.99 Å². The van der Waals surface area contributed by atoms with E-state index in [-0.39, 0.29) is 12.0 Å². The SMILES string of the molecule is CCOC(=NCC#N)C12CC3CC(CC(C3)C1)C2. The first-order valence-corrected chi connectivity index (χ1v) is 7.30. The summed E-state index contributed by atoms with van der Waals surface area (Å²) in [6, 6.07) is 2.12. The van der Waals surface area contributed by atoms with Crippen LogP contribution in [0.5, 0.6) is 0 Å². The molecule has 0 unspecified atom stereocenters. The molecule has 0 heterocycles. The molecule has 0 N–H and O–H groups in total. The summed E-state index contributed by atoms with van der Waals surface area (Å²) in [4.78, 5) is 4.46. The van der Waals surface area contributed by atoms with Crippen molar-refractivity contribution >= 4 is 5.90 Å². The van der Waals surface area contributed by atoms with Crippen LogP contribution in [-0.2, 0) is 4.74 Å². The Hall–Kier alpha value is -1.04. The maximum Gasteiger partial charge on any atom is 0.190 e. The van der Waals surface area contributed by atoms with E-state index in [9.17, 15) is 0 Å². The predicted octanol–water partition coefficient (Wildman–Crippen LogP) is 3.16. The zero-order chi connectivity index (χ0) is 12.6. The molecule has 0 aromatic carbocycles. The first-order chi connectivity index (χ1) is 8.75. The third-order valence-corrected chi connectivity index (χ3v) is 5.07. The summed E-state index contributed by atoms with van der Waals surface area (Å²) in [5.74, 6) is 3.59. The van der Waals surface area contributed by atoms with Crippen LogP contribution in [0.4, 0.5) is 0 Å². The van der Waals surface area contributed by atoms with Crippen LogP contribution in [0.2, 0.25) is 0 Å². The van der Waals surface area contributed by atoms with E-state index in [2.05, 4.69) is 11.1 Å². The van der Waals surface area contributed by atoms with Gasteiger partial charge in [0.2, 0.25) is 0 Å². The van der Waals surface area contributed by atoms with Gasteiger partial charge in [-0.2, -0.15) is 5.26 Å². The number of aliphatic imine (C=N–C) groups is 1. The topological polar surface area (TPSA) is 45.4 Å². The summed E-state index contributed by atoms with van der Waals surface area (Å²) < 4.78 is 5.83. The molecule has 3 heteroatoms. The number of rotatable bonds is 3. The smallest absolute Gasteiger partial charge is 0.190 e. The van der Waals surface area contributed by atoms with Crippen LogP contribution < -0.4 is 0 Å². The van der Waals surface area contributed by atoms with Crippen LogP contribution in [0, 0.1) is 34.5 Å². The van der Waals surface area contributed by atoms with Crippen molar-refractivity contribution in [3.05, 3.63) is 0 Å². The highest BCUT2D eigenvalue weighted by Gasteiger charge is 2.54. The van der Waals surface area contributed by atoms with Gasteiger partial charge >= 0.3 is 0 Å². The van der Waals surface area contributed by atoms with Crippen LogP contribution >= 0.6 is 0 Å². The van der Waals surface area contributed by atoms with Gasteiger partial charge in [0.25, 0.3) is 0 Å². The zero-order valence-electron chi connectivity index (χ0n) is 11.2. The fourth-order valence-corrected chi connectivity index (χ4v) is 4.98. The zero-order valence-corrected chi connectivity index (χ0v) is 11.2. The van der Waals surface area contributed by atoms with E-state index in [0.29, 0.717) is 6.61 Å². The molecule has 98 valence electrons. The summed E-state index contributed by atoms with van der Waals surface area (Å²) in [6.07, 6.45) is 8.04. The van der Waals surface area contributed by atoms with Crippen LogP contribution in [-0.4, -0.2) is 19.0 Å². The van der Waals surface area contributed by atoms with Crippen molar-refractivity contribution in [2.24, 2.45) is 28.2 Å². The fourth-order valence-electron chi connectivity index (χ4n) is 4.98. The van der Waals surface area contributed by atoms with Crippen molar-refractivity contribution < 1.29 is 4.74 Å². The van der Waals surface area contributed by atoms with Crippen molar-refractivity contribution in [1.82, 2.24) is 0 Å². The Bertz CT molecular complexity index is 359. The van der Waals surface area contributed by atoms with Gasteiger partial charge in [-0.3, -0.25) is 0 Å². The Morgan fingerprint density at radius 2 is 1.78 bits per heavy atom. The highest BCUT2D eigenvalue weighted by Crippen LogP contribution is 2.60. The Balaban J connectivity index is 1.86. The molecule has 0 aliphatic heterocycles. The quantitative estimate of drug-likeness (QED) is 0.436. The Morgan fingerprint density at radius 3 is 2.22 bits per heavy atom. The van der Waals surface area contributed by atoms with Gasteiger partial charge in [-0.25, -0.2) is 4.99 Å². The number of ether oxygens (including phenoxy) is 1. The summed E-state index contributed by atoms with van der Waals surface area (Å²) in [5.41, 5.74) is 0.196. The lowest BCUT2D eigenvalue weighted by molar-refractivity contribution is -0.0244. The maximum atomic E-state index is 8.75. The average Bonchev–Trinajstić information content (AvgIpc) is 2.32. The van der Waals surface area contributed by atoms with Gasteiger partial charge in [-0.05, 0) is 63.2 Å². The van der Waals surface area contributed by atoms with Crippen molar-refractivity contribution in [2.75, 3.05) is 13.2 Å². The second-order valence-electron chi connectivity index (χ2n) is 6.41.